The second kappa shape index (κ2) is 6.36. The first-order chi connectivity index (χ1) is 8.38. The van der Waals surface area contributed by atoms with Crippen LogP contribution in [0.25, 0.3) is 0 Å². The van der Waals surface area contributed by atoms with Crippen LogP contribution in [0.2, 0.25) is 0 Å². The average molecular weight is 271 g/mol. The molecule has 0 aromatic carbocycles. The number of thiol groups is 1. The Morgan fingerprint density at radius 1 is 1.39 bits per heavy atom. The minimum absolute atomic E-state index is 0.0510. The zero-order valence-corrected chi connectivity index (χ0v) is 12.1. The first kappa shape index (κ1) is 15.2. The summed E-state index contributed by atoms with van der Waals surface area (Å²) in [5, 5.41) is 0. The molecule has 1 saturated heterocycles. The van der Waals surface area contributed by atoms with E-state index in [1.807, 2.05) is 20.8 Å². The lowest BCUT2D eigenvalue weighted by Crippen LogP contribution is -2.34. The van der Waals surface area contributed by atoms with Gasteiger partial charge in [-0.05, 0) is 11.7 Å². The van der Waals surface area contributed by atoms with Gasteiger partial charge in [0, 0.05) is 25.3 Å². The van der Waals surface area contributed by atoms with Crippen molar-refractivity contribution in [1.29, 1.82) is 0 Å². The van der Waals surface area contributed by atoms with Gasteiger partial charge in [-0.15, -0.1) is 0 Å². The van der Waals surface area contributed by atoms with E-state index in [9.17, 15) is 14.4 Å². The molecule has 2 amide bonds. The molecule has 18 heavy (non-hydrogen) atoms. The van der Waals surface area contributed by atoms with E-state index in [0.717, 1.165) is 0 Å². The van der Waals surface area contributed by atoms with E-state index in [1.165, 1.54) is 4.90 Å². The second-order valence-corrected chi connectivity index (χ2v) is 5.59. The molecule has 1 rings (SSSR count). The molecule has 4 nitrogen and oxygen atoms in total. The van der Waals surface area contributed by atoms with Crippen molar-refractivity contribution in [3.63, 3.8) is 0 Å². The van der Waals surface area contributed by atoms with Gasteiger partial charge < -0.3 is 0 Å². The molecule has 1 heterocycles. The zero-order chi connectivity index (χ0) is 13.9. The van der Waals surface area contributed by atoms with Crippen LogP contribution in [0.3, 0.4) is 0 Å². The van der Waals surface area contributed by atoms with Crippen molar-refractivity contribution < 1.29 is 14.4 Å². The highest BCUT2D eigenvalue weighted by Crippen LogP contribution is 2.27. The van der Waals surface area contributed by atoms with E-state index in [-0.39, 0.29) is 54.7 Å². The van der Waals surface area contributed by atoms with Gasteiger partial charge in [-0.2, -0.15) is 12.6 Å². The van der Waals surface area contributed by atoms with Gasteiger partial charge in [-0.3, -0.25) is 19.3 Å². The fourth-order valence-corrected chi connectivity index (χ4v) is 2.28. The Morgan fingerprint density at radius 2 is 2.00 bits per heavy atom. The summed E-state index contributed by atoms with van der Waals surface area (Å²) < 4.78 is 0. The molecule has 0 bridgehead atoms. The number of hydrogen-bond acceptors (Lipinski definition) is 4. The largest absolute Gasteiger partial charge is 0.299 e. The highest BCUT2D eigenvalue weighted by atomic mass is 32.1. The number of carbonyl (C=O) groups is 3. The Morgan fingerprint density at radius 3 is 2.50 bits per heavy atom. The van der Waals surface area contributed by atoms with Crippen molar-refractivity contribution in [2.75, 3.05) is 12.3 Å². The van der Waals surface area contributed by atoms with Crippen LogP contribution < -0.4 is 0 Å². The summed E-state index contributed by atoms with van der Waals surface area (Å²) >= 11 is 4.17. The van der Waals surface area contributed by atoms with Crippen LogP contribution in [0.15, 0.2) is 0 Å². The van der Waals surface area contributed by atoms with E-state index in [4.69, 9.17) is 0 Å². The molecule has 0 aliphatic carbocycles. The van der Waals surface area contributed by atoms with Gasteiger partial charge in [0.05, 0.1) is 5.92 Å². The normalized spacial score (nSPS) is 21.8. The van der Waals surface area contributed by atoms with Crippen molar-refractivity contribution >= 4 is 30.2 Å². The first-order valence-corrected chi connectivity index (χ1v) is 6.99. The molecule has 0 saturated carbocycles. The Kier molecular flexibility index (Phi) is 5.38. The number of Topliss-reactive ketones (excluding diaryl/α,β-unsaturated/α-hetero) is 1. The van der Waals surface area contributed by atoms with Crippen LogP contribution in [0.1, 0.15) is 33.6 Å². The molecule has 0 aromatic rings. The van der Waals surface area contributed by atoms with Crippen molar-refractivity contribution in [3.8, 4) is 0 Å². The van der Waals surface area contributed by atoms with Gasteiger partial charge >= 0.3 is 0 Å². The van der Waals surface area contributed by atoms with E-state index in [1.54, 1.807) is 0 Å². The number of ketones is 1. The Balaban J connectivity index is 2.60. The molecular formula is C13H21NO3S. The van der Waals surface area contributed by atoms with Crippen LogP contribution in [0.4, 0.5) is 0 Å². The molecule has 0 radical (unpaired) electrons. The van der Waals surface area contributed by atoms with Crippen LogP contribution in [0.5, 0.6) is 0 Å². The first-order valence-electron chi connectivity index (χ1n) is 6.36. The summed E-state index contributed by atoms with van der Waals surface area (Å²) in [5.74, 6) is 0.155. The minimum Gasteiger partial charge on any atom is -0.299 e. The predicted molar refractivity (Wildman–Crippen MR) is 72.3 cm³/mol. The third-order valence-corrected chi connectivity index (χ3v) is 4.06. The predicted octanol–water partition coefficient (Wildman–Crippen LogP) is 1.54. The number of imide groups is 1. The van der Waals surface area contributed by atoms with E-state index < -0.39 is 0 Å². The third-order valence-electron chi connectivity index (χ3n) is 3.48. The fourth-order valence-electron chi connectivity index (χ4n) is 2.03. The van der Waals surface area contributed by atoms with E-state index in [2.05, 4.69) is 12.6 Å². The van der Waals surface area contributed by atoms with Crippen molar-refractivity contribution in [2.24, 2.45) is 17.8 Å². The number of likely N-dealkylation sites (tertiary alicyclic amines) is 1. The van der Waals surface area contributed by atoms with Gasteiger partial charge in [-0.1, -0.05) is 20.8 Å². The Labute approximate surface area is 114 Å². The molecule has 1 aliphatic heterocycles. The summed E-state index contributed by atoms with van der Waals surface area (Å²) in [6, 6.07) is 0. The molecule has 0 spiro atoms. The summed E-state index contributed by atoms with van der Waals surface area (Å²) in [4.78, 5) is 36.6. The second-order valence-electron chi connectivity index (χ2n) is 5.23. The summed E-state index contributed by atoms with van der Waals surface area (Å²) in [6.07, 6.45) is 0.521. The maximum absolute atomic E-state index is 12.1. The van der Waals surface area contributed by atoms with Crippen LogP contribution in [-0.4, -0.2) is 34.8 Å². The van der Waals surface area contributed by atoms with Gasteiger partial charge in [0.2, 0.25) is 11.8 Å². The fraction of sp³-hybridized carbons (Fsp3) is 0.769. The van der Waals surface area contributed by atoms with Crippen molar-refractivity contribution in [2.45, 2.75) is 33.6 Å². The molecule has 0 aromatic heterocycles. The summed E-state index contributed by atoms with van der Waals surface area (Å²) in [7, 11) is 0. The number of carbonyl (C=O) groups excluding carboxylic acids is 3. The summed E-state index contributed by atoms with van der Waals surface area (Å²) in [6.45, 7) is 5.79. The number of amides is 2. The van der Waals surface area contributed by atoms with E-state index >= 15 is 0 Å². The summed E-state index contributed by atoms with van der Waals surface area (Å²) in [5.41, 5.74) is 0. The minimum atomic E-state index is -0.260. The highest BCUT2D eigenvalue weighted by molar-refractivity contribution is 7.80. The molecule has 5 heteroatoms. The molecule has 2 atom stereocenters. The maximum Gasteiger partial charge on any atom is 0.233 e. The molecule has 2 unspecified atom stereocenters. The number of nitrogens with zero attached hydrogens (tertiary/aromatic N) is 1. The lowest BCUT2D eigenvalue weighted by atomic mass is 9.94. The maximum atomic E-state index is 12.1. The van der Waals surface area contributed by atoms with Gasteiger partial charge in [0.25, 0.3) is 0 Å². The van der Waals surface area contributed by atoms with E-state index in [0.29, 0.717) is 5.75 Å². The van der Waals surface area contributed by atoms with Gasteiger partial charge in [0.1, 0.15) is 5.78 Å². The van der Waals surface area contributed by atoms with Gasteiger partial charge in [0.15, 0.2) is 0 Å². The molecule has 1 fully saturated rings. The zero-order valence-electron chi connectivity index (χ0n) is 11.2. The molecule has 102 valence electrons. The van der Waals surface area contributed by atoms with Gasteiger partial charge in [-0.25, -0.2) is 0 Å². The third kappa shape index (κ3) is 3.34. The Hall–Kier alpha value is -0.840. The molecule has 1 aliphatic rings. The van der Waals surface area contributed by atoms with Crippen molar-refractivity contribution in [3.05, 3.63) is 0 Å². The van der Waals surface area contributed by atoms with Crippen molar-refractivity contribution in [1.82, 2.24) is 4.90 Å². The Bertz CT molecular complexity index is 354. The van der Waals surface area contributed by atoms with Crippen LogP contribution >= 0.6 is 12.6 Å². The number of hydrogen-bond donors (Lipinski definition) is 1. The monoisotopic (exact) mass is 271 g/mol. The molecular weight excluding hydrogens is 250 g/mol. The average Bonchev–Trinajstić information content (AvgIpc) is 2.61. The lowest BCUT2D eigenvalue weighted by Gasteiger charge is -2.17. The quantitative estimate of drug-likeness (QED) is 0.589. The van der Waals surface area contributed by atoms with Crippen LogP contribution in [0, 0.1) is 17.8 Å². The highest BCUT2D eigenvalue weighted by Gasteiger charge is 2.40. The standard InChI is InChI=1S/C13H21NO3S/c1-8(2)11(15)4-5-14-12(16)6-10(13(14)17)9(3)7-18/h8-10,18H,4-7H2,1-3H3. The topological polar surface area (TPSA) is 54.5 Å². The SMILES string of the molecule is CC(C)C(=O)CCN1C(=O)CC(C(C)CS)C1=O. The molecule has 0 N–H and O–H groups in total. The smallest absolute Gasteiger partial charge is 0.233 e. The lowest BCUT2D eigenvalue weighted by molar-refractivity contribution is -0.140. The van der Waals surface area contributed by atoms with Crippen LogP contribution in [-0.2, 0) is 14.4 Å². The number of rotatable bonds is 6.